The van der Waals surface area contributed by atoms with Crippen molar-refractivity contribution in [3.63, 3.8) is 0 Å². The van der Waals surface area contributed by atoms with Crippen molar-refractivity contribution < 1.29 is 14.2 Å². The van der Waals surface area contributed by atoms with Gasteiger partial charge in [-0.15, -0.1) is 0 Å². The van der Waals surface area contributed by atoms with Crippen LogP contribution in [0.2, 0.25) is 0 Å². The second-order valence-electron chi connectivity index (χ2n) is 6.60. The lowest BCUT2D eigenvalue weighted by Gasteiger charge is -2.46. The molecule has 0 bridgehead atoms. The van der Waals surface area contributed by atoms with E-state index in [2.05, 4.69) is 25.6 Å². The van der Waals surface area contributed by atoms with Crippen molar-refractivity contribution in [3.05, 3.63) is 41.2 Å². The van der Waals surface area contributed by atoms with Gasteiger partial charge >= 0.3 is 0 Å². The molecule has 1 atom stereocenters. The summed E-state index contributed by atoms with van der Waals surface area (Å²) in [5, 5.41) is 14.0. The highest BCUT2D eigenvalue weighted by Gasteiger charge is 2.42. The van der Waals surface area contributed by atoms with Crippen LogP contribution in [0.25, 0.3) is 0 Å². The summed E-state index contributed by atoms with van der Waals surface area (Å²) in [5.74, 6) is -0.159. The van der Waals surface area contributed by atoms with Crippen LogP contribution < -0.4 is 10.6 Å². The number of likely N-dealkylation sites (tertiary alicyclic amines) is 1. The molecule has 4 rings (SSSR count). The highest BCUT2D eigenvalue weighted by atomic mass is 16.6. The van der Waals surface area contributed by atoms with Crippen LogP contribution in [0, 0.1) is 6.92 Å². The molecule has 1 spiro atoms. The van der Waals surface area contributed by atoms with Crippen LogP contribution in [-0.2, 0) is 11.2 Å². The van der Waals surface area contributed by atoms with Crippen LogP contribution in [0.4, 0.5) is 5.69 Å². The summed E-state index contributed by atoms with van der Waals surface area (Å²) in [7, 11) is 0. The first kappa shape index (κ1) is 15.6. The van der Waals surface area contributed by atoms with Gasteiger partial charge in [0.15, 0.2) is 0 Å². The molecule has 1 saturated heterocycles. The number of carbonyl (C=O) groups is 2. The molecule has 3 heterocycles. The third-order valence-electron chi connectivity index (χ3n) is 4.81. The van der Waals surface area contributed by atoms with Gasteiger partial charge in [-0.25, -0.2) is 4.63 Å². The normalized spacial score (nSPS) is 22.3. The number of nitrogens with zero attached hydrogens (tertiary/aromatic N) is 3. The Hall–Kier alpha value is -2.90. The van der Waals surface area contributed by atoms with E-state index in [0.717, 1.165) is 18.5 Å². The Morgan fingerprint density at radius 2 is 2.16 bits per heavy atom. The van der Waals surface area contributed by atoms with Crippen LogP contribution in [-0.4, -0.2) is 45.8 Å². The molecule has 8 heteroatoms. The van der Waals surface area contributed by atoms with Crippen molar-refractivity contribution in [2.24, 2.45) is 0 Å². The molecule has 1 fully saturated rings. The van der Waals surface area contributed by atoms with Crippen LogP contribution in [0.5, 0.6) is 0 Å². The minimum Gasteiger partial charge on any atom is -0.361 e. The quantitative estimate of drug-likeness (QED) is 0.848. The number of fused-ring (bicyclic) bond motifs is 1. The number of nitrogens with one attached hydrogen (secondary N) is 2. The molecule has 2 amide bonds. The maximum absolute atomic E-state index is 12.6. The summed E-state index contributed by atoms with van der Waals surface area (Å²) in [6.45, 7) is 2.83. The van der Waals surface area contributed by atoms with Crippen LogP contribution in [0.15, 0.2) is 28.9 Å². The molecule has 25 heavy (non-hydrogen) atoms. The summed E-state index contributed by atoms with van der Waals surface area (Å²) in [6.07, 6.45) is 1.72. The topological polar surface area (TPSA) is 100 Å². The number of para-hydroxylation sites is 1. The third kappa shape index (κ3) is 2.84. The largest absolute Gasteiger partial charge is 0.361 e. The van der Waals surface area contributed by atoms with Gasteiger partial charge in [-0.2, -0.15) is 0 Å². The van der Waals surface area contributed by atoms with E-state index < -0.39 is 5.66 Å². The number of hydrogen-bond acceptors (Lipinski definition) is 6. The summed E-state index contributed by atoms with van der Waals surface area (Å²) >= 11 is 0. The number of amides is 2. The molecular formula is C17H19N5O3. The molecule has 2 aromatic rings. The van der Waals surface area contributed by atoms with E-state index in [1.807, 2.05) is 18.2 Å². The van der Waals surface area contributed by atoms with Crippen molar-refractivity contribution in [2.75, 3.05) is 18.4 Å². The summed E-state index contributed by atoms with van der Waals surface area (Å²) in [5.41, 5.74) is 1.97. The van der Waals surface area contributed by atoms with Gasteiger partial charge in [0.2, 0.25) is 5.91 Å². The smallest absolute Gasteiger partial charge is 0.255 e. The molecule has 1 aromatic carbocycles. The van der Waals surface area contributed by atoms with Gasteiger partial charge in [-0.05, 0) is 31.9 Å². The van der Waals surface area contributed by atoms with Crippen LogP contribution in [0.3, 0.4) is 0 Å². The number of hydrogen-bond donors (Lipinski definition) is 2. The zero-order valence-corrected chi connectivity index (χ0v) is 13.9. The average Bonchev–Trinajstić information content (AvgIpc) is 3.00. The maximum Gasteiger partial charge on any atom is 0.255 e. The molecule has 130 valence electrons. The first-order chi connectivity index (χ1) is 12.1. The number of aromatic nitrogens is 2. The van der Waals surface area contributed by atoms with E-state index in [0.29, 0.717) is 30.0 Å². The van der Waals surface area contributed by atoms with E-state index >= 15 is 0 Å². The average molecular weight is 341 g/mol. The molecule has 0 aliphatic carbocycles. The standard InChI is InChI=1S/C17H19N5O3/c1-11-14(21-25-20-11)9-15(23)22-8-4-7-17(10-22)18-13-6-3-2-5-12(13)16(24)19-17/h2-3,5-6,18H,4,7-10H2,1H3,(H,19,24)/t17-/m0/s1. The molecule has 2 aliphatic rings. The monoisotopic (exact) mass is 341 g/mol. The van der Waals surface area contributed by atoms with Gasteiger partial charge < -0.3 is 15.5 Å². The van der Waals surface area contributed by atoms with E-state index in [4.69, 9.17) is 0 Å². The number of aryl methyl sites for hydroxylation is 1. The Balaban J connectivity index is 1.52. The lowest BCUT2D eigenvalue weighted by molar-refractivity contribution is -0.132. The fraction of sp³-hybridized carbons (Fsp3) is 0.412. The molecule has 0 unspecified atom stereocenters. The van der Waals surface area contributed by atoms with Crippen molar-refractivity contribution in [3.8, 4) is 0 Å². The number of anilines is 1. The zero-order chi connectivity index (χ0) is 17.4. The SMILES string of the molecule is Cc1nonc1CC(=O)N1CCC[C@@]2(C1)NC(=O)c1ccccc1N2. The lowest BCUT2D eigenvalue weighted by Crippen LogP contribution is -2.66. The predicted octanol–water partition coefficient (Wildman–Crippen LogP) is 1.09. The molecule has 2 aliphatic heterocycles. The Labute approximate surface area is 144 Å². The number of rotatable bonds is 2. The first-order valence-electron chi connectivity index (χ1n) is 8.32. The molecular weight excluding hydrogens is 322 g/mol. The Kier molecular flexibility index (Phi) is 3.67. The van der Waals surface area contributed by atoms with Gasteiger partial charge in [-0.1, -0.05) is 22.4 Å². The van der Waals surface area contributed by atoms with E-state index in [9.17, 15) is 9.59 Å². The van der Waals surface area contributed by atoms with Gasteiger partial charge in [0.05, 0.1) is 18.5 Å². The number of piperidine rings is 1. The highest BCUT2D eigenvalue weighted by Crippen LogP contribution is 2.30. The summed E-state index contributed by atoms with van der Waals surface area (Å²) in [6, 6.07) is 7.41. The van der Waals surface area contributed by atoms with Gasteiger partial charge in [0, 0.05) is 12.2 Å². The van der Waals surface area contributed by atoms with Crippen molar-refractivity contribution in [1.82, 2.24) is 20.5 Å². The molecule has 0 saturated carbocycles. The minimum atomic E-state index is -0.629. The lowest BCUT2D eigenvalue weighted by atomic mass is 9.93. The molecule has 0 radical (unpaired) electrons. The summed E-state index contributed by atoms with van der Waals surface area (Å²) in [4.78, 5) is 26.9. The fourth-order valence-corrected chi connectivity index (χ4v) is 3.50. The van der Waals surface area contributed by atoms with E-state index in [-0.39, 0.29) is 18.2 Å². The number of carbonyl (C=O) groups excluding carboxylic acids is 2. The molecule has 2 N–H and O–H groups in total. The molecule has 8 nitrogen and oxygen atoms in total. The Bertz CT molecular complexity index is 833. The van der Waals surface area contributed by atoms with Crippen molar-refractivity contribution in [2.45, 2.75) is 31.8 Å². The van der Waals surface area contributed by atoms with Crippen LogP contribution >= 0.6 is 0 Å². The molecule has 1 aromatic heterocycles. The van der Waals surface area contributed by atoms with Gasteiger partial charge in [-0.3, -0.25) is 9.59 Å². The van der Waals surface area contributed by atoms with E-state index in [1.54, 1.807) is 17.9 Å². The second kappa shape index (κ2) is 5.87. The van der Waals surface area contributed by atoms with Gasteiger partial charge in [0.25, 0.3) is 5.91 Å². The Morgan fingerprint density at radius 1 is 1.32 bits per heavy atom. The second-order valence-corrected chi connectivity index (χ2v) is 6.60. The van der Waals surface area contributed by atoms with Crippen molar-refractivity contribution in [1.29, 1.82) is 0 Å². The summed E-state index contributed by atoms with van der Waals surface area (Å²) < 4.78 is 4.66. The van der Waals surface area contributed by atoms with Crippen LogP contribution in [0.1, 0.15) is 34.6 Å². The van der Waals surface area contributed by atoms with E-state index in [1.165, 1.54) is 0 Å². The zero-order valence-electron chi connectivity index (χ0n) is 13.9. The Morgan fingerprint density at radius 3 is 2.96 bits per heavy atom. The minimum absolute atomic E-state index is 0.0483. The first-order valence-corrected chi connectivity index (χ1v) is 8.32. The number of benzene rings is 1. The van der Waals surface area contributed by atoms with Crippen molar-refractivity contribution >= 4 is 17.5 Å². The third-order valence-corrected chi connectivity index (χ3v) is 4.81. The maximum atomic E-state index is 12.6. The fourth-order valence-electron chi connectivity index (χ4n) is 3.50. The predicted molar refractivity (Wildman–Crippen MR) is 88.8 cm³/mol. The van der Waals surface area contributed by atoms with Gasteiger partial charge in [0.1, 0.15) is 17.1 Å². The highest BCUT2D eigenvalue weighted by molar-refractivity contribution is 6.02.